The third-order valence-corrected chi connectivity index (χ3v) is 5.77. The summed E-state index contributed by atoms with van der Waals surface area (Å²) in [4.78, 5) is 23.4. The number of halogens is 2. The lowest BCUT2D eigenvalue weighted by molar-refractivity contribution is -0.118. The fourth-order valence-corrected chi connectivity index (χ4v) is 3.97. The largest absolute Gasteiger partial charge is 0.350 e. The molecular formula is C20H27F2N7O. The summed E-state index contributed by atoms with van der Waals surface area (Å²) in [5.41, 5.74) is 2.24. The summed E-state index contributed by atoms with van der Waals surface area (Å²) in [7, 11) is 1.87. The standard InChI is InChI=1S/C20H27F2N7O/c1-11(2)16-18(30)26-15-12(3)25-19(27-17(15)28(16)4)23-8-13-9-24-29(10-13)6-5-14-7-20(14,21)22/h9-11,14,16H,5-8H2,1-4H3,(H,26,30)(H,23,25,27)/t14?,16-/m0/s1. The number of amides is 1. The fraction of sp³-hybridized carbons (Fsp3) is 0.600. The van der Waals surface area contributed by atoms with Crippen LogP contribution in [0.3, 0.4) is 0 Å². The minimum Gasteiger partial charge on any atom is -0.350 e. The van der Waals surface area contributed by atoms with Gasteiger partial charge in [-0.05, 0) is 19.3 Å². The number of anilines is 3. The first-order chi connectivity index (χ1) is 14.2. The Hall–Kier alpha value is -2.78. The number of nitrogens with zero attached hydrogens (tertiary/aromatic N) is 5. The van der Waals surface area contributed by atoms with Crippen molar-refractivity contribution in [3.63, 3.8) is 0 Å². The number of hydrogen-bond acceptors (Lipinski definition) is 6. The SMILES string of the molecule is Cc1nc(NCc2cnn(CCC3CC3(F)F)c2)nc2c1NC(=O)[C@H](C(C)C)N2C. The van der Waals surface area contributed by atoms with E-state index < -0.39 is 11.8 Å². The lowest BCUT2D eigenvalue weighted by Crippen LogP contribution is -2.49. The summed E-state index contributed by atoms with van der Waals surface area (Å²) < 4.78 is 27.7. The molecule has 1 aliphatic heterocycles. The first kappa shape index (κ1) is 20.5. The number of hydrogen-bond donors (Lipinski definition) is 2. The minimum atomic E-state index is -2.49. The van der Waals surface area contributed by atoms with Gasteiger partial charge < -0.3 is 15.5 Å². The van der Waals surface area contributed by atoms with Gasteiger partial charge in [0.2, 0.25) is 11.9 Å². The summed E-state index contributed by atoms with van der Waals surface area (Å²) in [5.74, 6) is -1.77. The Kier molecular flexibility index (Phi) is 5.11. The first-order valence-corrected chi connectivity index (χ1v) is 10.2. The van der Waals surface area contributed by atoms with Crippen molar-refractivity contribution in [2.75, 3.05) is 22.6 Å². The Labute approximate surface area is 174 Å². The Morgan fingerprint density at radius 2 is 2.10 bits per heavy atom. The van der Waals surface area contributed by atoms with Crippen LogP contribution in [0, 0.1) is 18.8 Å². The van der Waals surface area contributed by atoms with Gasteiger partial charge in [-0.15, -0.1) is 0 Å². The molecule has 8 nitrogen and oxygen atoms in total. The summed E-state index contributed by atoms with van der Waals surface area (Å²) in [6.07, 6.45) is 3.98. The molecule has 2 aromatic heterocycles. The molecule has 0 saturated heterocycles. The second-order valence-electron chi connectivity index (χ2n) is 8.54. The van der Waals surface area contributed by atoms with Crippen LogP contribution in [0.5, 0.6) is 0 Å². The van der Waals surface area contributed by atoms with Crippen molar-refractivity contribution < 1.29 is 13.6 Å². The highest BCUT2D eigenvalue weighted by Gasteiger charge is 2.56. The zero-order valence-corrected chi connectivity index (χ0v) is 17.6. The molecule has 10 heteroatoms. The number of carbonyl (C=O) groups excluding carboxylic acids is 1. The third-order valence-electron chi connectivity index (χ3n) is 5.77. The third kappa shape index (κ3) is 3.95. The summed E-state index contributed by atoms with van der Waals surface area (Å²) in [6, 6.07) is -0.295. The summed E-state index contributed by atoms with van der Waals surface area (Å²) >= 11 is 0. The van der Waals surface area contributed by atoms with E-state index in [-0.39, 0.29) is 24.3 Å². The second kappa shape index (κ2) is 7.48. The predicted octanol–water partition coefficient (Wildman–Crippen LogP) is 3.05. The normalized spacial score (nSPS) is 22.1. The molecule has 0 radical (unpaired) electrons. The lowest BCUT2D eigenvalue weighted by Gasteiger charge is -2.36. The number of nitrogens with one attached hydrogen (secondary N) is 2. The van der Waals surface area contributed by atoms with Crippen LogP contribution in [0.15, 0.2) is 12.4 Å². The van der Waals surface area contributed by atoms with Crippen molar-refractivity contribution in [3.8, 4) is 0 Å². The molecule has 1 saturated carbocycles. The lowest BCUT2D eigenvalue weighted by atomic mass is 9.99. The van der Waals surface area contributed by atoms with E-state index in [2.05, 4.69) is 25.7 Å². The molecule has 1 unspecified atom stereocenters. The second-order valence-corrected chi connectivity index (χ2v) is 8.54. The molecular weight excluding hydrogens is 392 g/mol. The van der Waals surface area contributed by atoms with Crippen molar-refractivity contribution >= 4 is 23.4 Å². The molecule has 0 bridgehead atoms. The molecule has 2 aromatic rings. The monoisotopic (exact) mass is 419 g/mol. The molecule has 2 aliphatic rings. The van der Waals surface area contributed by atoms with E-state index in [0.717, 1.165) is 5.56 Å². The molecule has 2 N–H and O–H groups in total. The number of aryl methyl sites for hydroxylation is 2. The Bertz CT molecular complexity index is 959. The van der Waals surface area contributed by atoms with Crippen LogP contribution in [0.2, 0.25) is 0 Å². The van der Waals surface area contributed by atoms with Gasteiger partial charge in [0.05, 0.1) is 11.9 Å². The smallest absolute Gasteiger partial charge is 0.251 e. The maximum absolute atomic E-state index is 13.0. The first-order valence-electron chi connectivity index (χ1n) is 10.2. The molecule has 30 heavy (non-hydrogen) atoms. The van der Waals surface area contributed by atoms with E-state index in [9.17, 15) is 13.6 Å². The summed E-state index contributed by atoms with van der Waals surface area (Å²) in [5, 5.41) is 10.4. The van der Waals surface area contributed by atoms with Crippen LogP contribution in [0.1, 0.15) is 37.9 Å². The minimum absolute atomic E-state index is 0.00966. The molecule has 1 aliphatic carbocycles. The van der Waals surface area contributed by atoms with Crippen LogP contribution in [-0.4, -0.2) is 44.7 Å². The average Bonchev–Trinajstić information content (AvgIpc) is 3.06. The van der Waals surface area contributed by atoms with Gasteiger partial charge in [0, 0.05) is 44.2 Å². The van der Waals surface area contributed by atoms with E-state index in [1.165, 1.54) is 0 Å². The Morgan fingerprint density at radius 3 is 2.77 bits per heavy atom. The quantitative estimate of drug-likeness (QED) is 0.717. The van der Waals surface area contributed by atoms with E-state index >= 15 is 0 Å². The van der Waals surface area contributed by atoms with Crippen LogP contribution in [0.25, 0.3) is 0 Å². The number of fused-ring (bicyclic) bond motifs is 1. The van der Waals surface area contributed by atoms with E-state index in [1.54, 1.807) is 10.9 Å². The molecule has 0 spiro atoms. The molecule has 1 amide bonds. The maximum Gasteiger partial charge on any atom is 0.251 e. The van der Waals surface area contributed by atoms with Gasteiger partial charge in [0.1, 0.15) is 11.7 Å². The molecule has 3 heterocycles. The van der Waals surface area contributed by atoms with Gasteiger partial charge in [0.15, 0.2) is 5.82 Å². The van der Waals surface area contributed by atoms with E-state index in [4.69, 9.17) is 0 Å². The molecule has 2 atom stereocenters. The topological polar surface area (TPSA) is 88.0 Å². The number of aromatic nitrogens is 4. The van der Waals surface area contributed by atoms with Gasteiger partial charge in [0.25, 0.3) is 5.92 Å². The van der Waals surface area contributed by atoms with Crippen molar-refractivity contribution in [1.82, 2.24) is 19.7 Å². The number of carbonyl (C=O) groups is 1. The van der Waals surface area contributed by atoms with Crippen molar-refractivity contribution in [2.24, 2.45) is 11.8 Å². The van der Waals surface area contributed by atoms with Crippen molar-refractivity contribution in [2.45, 2.75) is 58.7 Å². The van der Waals surface area contributed by atoms with Gasteiger partial charge >= 0.3 is 0 Å². The van der Waals surface area contributed by atoms with Crippen LogP contribution < -0.4 is 15.5 Å². The predicted molar refractivity (Wildman–Crippen MR) is 110 cm³/mol. The molecule has 4 rings (SSSR count). The number of alkyl halides is 2. The van der Waals surface area contributed by atoms with E-state index in [0.29, 0.717) is 42.7 Å². The van der Waals surface area contributed by atoms with Crippen molar-refractivity contribution in [1.29, 1.82) is 0 Å². The zero-order chi connectivity index (χ0) is 21.6. The molecule has 1 fully saturated rings. The number of likely N-dealkylation sites (N-methyl/N-ethyl adjacent to an activating group) is 1. The number of rotatable bonds is 7. The maximum atomic E-state index is 13.0. The Morgan fingerprint density at radius 1 is 1.37 bits per heavy atom. The van der Waals surface area contributed by atoms with Crippen molar-refractivity contribution in [3.05, 3.63) is 23.7 Å². The van der Waals surface area contributed by atoms with Crippen LogP contribution >= 0.6 is 0 Å². The highest BCUT2D eigenvalue weighted by molar-refractivity contribution is 6.03. The highest BCUT2D eigenvalue weighted by atomic mass is 19.3. The molecule has 162 valence electrons. The van der Waals surface area contributed by atoms with Gasteiger partial charge in [-0.2, -0.15) is 10.1 Å². The van der Waals surface area contributed by atoms with E-state index in [1.807, 2.05) is 38.9 Å². The van der Waals surface area contributed by atoms with Gasteiger partial charge in [-0.25, -0.2) is 13.8 Å². The van der Waals surface area contributed by atoms with Gasteiger partial charge in [-0.1, -0.05) is 13.8 Å². The Balaban J connectivity index is 1.41. The average molecular weight is 419 g/mol. The zero-order valence-electron chi connectivity index (χ0n) is 17.6. The highest BCUT2D eigenvalue weighted by Crippen LogP contribution is 2.50. The summed E-state index contributed by atoms with van der Waals surface area (Å²) in [6.45, 7) is 6.78. The van der Waals surface area contributed by atoms with Crippen LogP contribution in [-0.2, 0) is 17.9 Å². The fourth-order valence-electron chi connectivity index (χ4n) is 3.97. The van der Waals surface area contributed by atoms with Gasteiger partial charge in [-0.3, -0.25) is 9.48 Å². The van der Waals surface area contributed by atoms with Crippen LogP contribution in [0.4, 0.5) is 26.2 Å². The molecule has 0 aromatic carbocycles.